The number of carbonyl (C=O) groups excluding carboxylic acids is 1. The van der Waals surface area contributed by atoms with Crippen molar-refractivity contribution in [3.05, 3.63) is 33.6 Å². The van der Waals surface area contributed by atoms with Crippen LogP contribution in [0.5, 0.6) is 0 Å². The Morgan fingerprint density at radius 2 is 2.14 bits per heavy atom. The molecule has 2 nitrogen and oxygen atoms in total. The monoisotopic (exact) mass is 215 g/mol. The number of ketones is 1. The van der Waals surface area contributed by atoms with E-state index in [0.717, 1.165) is 5.56 Å². The van der Waals surface area contributed by atoms with Crippen LogP contribution in [0.2, 0.25) is 5.02 Å². The highest BCUT2D eigenvalue weighted by molar-refractivity contribution is 6.31. The van der Waals surface area contributed by atoms with E-state index in [1.54, 1.807) is 13.8 Å². The molecule has 0 aliphatic heterocycles. The normalized spacial score (nSPS) is 10.4. The van der Waals surface area contributed by atoms with Gasteiger partial charge in [0.25, 0.3) is 0 Å². The lowest BCUT2D eigenvalue weighted by Crippen LogP contribution is -2.17. The largest absolute Gasteiger partial charge is 0.324 e. The molecule has 1 aromatic carbocycles. The number of halogens is 2. The van der Waals surface area contributed by atoms with Crippen molar-refractivity contribution >= 4 is 17.4 Å². The molecule has 0 bridgehead atoms. The van der Waals surface area contributed by atoms with Crippen molar-refractivity contribution in [3.63, 3.8) is 0 Å². The van der Waals surface area contributed by atoms with E-state index in [-0.39, 0.29) is 17.1 Å². The Balaban J connectivity index is 3.47. The van der Waals surface area contributed by atoms with Crippen LogP contribution in [0.3, 0.4) is 0 Å². The first-order valence-electron chi connectivity index (χ1n) is 4.17. The van der Waals surface area contributed by atoms with Crippen LogP contribution in [0.4, 0.5) is 4.39 Å². The first kappa shape index (κ1) is 11.1. The van der Waals surface area contributed by atoms with E-state index >= 15 is 0 Å². The second-order valence-electron chi connectivity index (χ2n) is 3.12. The van der Waals surface area contributed by atoms with Crippen molar-refractivity contribution < 1.29 is 9.18 Å². The quantitative estimate of drug-likeness (QED) is 0.769. The van der Waals surface area contributed by atoms with Gasteiger partial charge in [-0.15, -0.1) is 0 Å². The first-order valence-corrected chi connectivity index (χ1v) is 4.55. The third kappa shape index (κ3) is 1.79. The number of carbonyl (C=O) groups is 1. The zero-order valence-electron chi connectivity index (χ0n) is 8.03. The van der Waals surface area contributed by atoms with E-state index in [2.05, 4.69) is 0 Å². The van der Waals surface area contributed by atoms with E-state index in [1.165, 1.54) is 6.07 Å². The van der Waals surface area contributed by atoms with Crippen molar-refractivity contribution in [2.75, 3.05) is 6.54 Å². The second kappa shape index (κ2) is 4.07. The van der Waals surface area contributed by atoms with E-state index in [9.17, 15) is 9.18 Å². The van der Waals surface area contributed by atoms with Crippen LogP contribution in [0.25, 0.3) is 0 Å². The molecule has 1 aromatic rings. The van der Waals surface area contributed by atoms with E-state index < -0.39 is 11.6 Å². The number of benzene rings is 1. The topological polar surface area (TPSA) is 43.1 Å². The molecule has 0 radical (unpaired) electrons. The van der Waals surface area contributed by atoms with Crippen LogP contribution in [-0.4, -0.2) is 12.3 Å². The van der Waals surface area contributed by atoms with Crippen molar-refractivity contribution in [2.24, 2.45) is 5.73 Å². The van der Waals surface area contributed by atoms with Gasteiger partial charge in [0.2, 0.25) is 0 Å². The van der Waals surface area contributed by atoms with Gasteiger partial charge in [-0.05, 0) is 31.0 Å². The van der Waals surface area contributed by atoms with Gasteiger partial charge in [-0.3, -0.25) is 4.79 Å². The lowest BCUT2D eigenvalue weighted by atomic mass is 9.99. The van der Waals surface area contributed by atoms with Crippen LogP contribution in [0.1, 0.15) is 21.5 Å². The SMILES string of the molecule is Cc1cc(Cl)c(F)c(C(=O)CN)c1C. The summed E-state index contributed by atoms with van der Waals surface area (Å²) in [6.45, 7) is 3.24. The number of rotatable bonds is 2. The summed E-state index contributed by atoms with van der Waals surface area (Å²) in [5.74, 6) is -1.10. The van der Waals surface area contributed by atoms with E-state index in [1.807, 2.05) is 0 Å². The third-order valence-electron chi connectivity index (χ3n) is 2.20. The predicted octanol–water partition coefficient (Wildman–Crippen LogP) is 2.24. The standard InChI is InChI=1S/C10H11ClFNO/c1-5-3-7(11)10(12)9(6(5)2)8(14)4-13/h3H,4,13H2,1-2H3. The summed E-state index contributed by atoms with van der Waals surface area (Å²) < 4.78 is 13.5. The average Bonchev–Trinajstić information content (AvgIpc) is 2.15. The molecule has 0 spiro atoms. The summed E-state index contributed by atoms with van der Waals surface area (Å²) in [7, 11) is 0. The molecular formula is C10H11ClFNO. The molecule has 76 valence electrons. The van der Waals surface area contributed by atoms with Gasteiger partial charge in [0.15, 0.2) is 11.6 Å². The second-order valence-corrected chi connectivity index (χ2v) is 3.52. The lowest BCUT2D eigenvalue weighted by molar-refractivity contribution is 0.0997. The Morgan fingerprint density at radius 3 is 2.64 bits per heavy atom. The van der Waals surface area contributed by atoms with Crippen LogP contribution < -0.4 is 5.73 Å². The lowest BCUT2D eigenvalue weighted by Gasteiger charge is -2.09. The zero-order chi connectivity index (χ0) is 10.9. The van der Waals surface area contributed by atoms with Crippen molar-refractivity contribution in [1.29, 1.82) is 0 Å². The molecule has 0 saturated heterocycles. The van der Waals surface area contributed by atoms with Gasteiger partial charge in [0, 0.05) is 0 Å². The minimum atomic E-state index is -0.676. The Labute approximate surface area is 86.9 Å². The van der Waals surface area contributed by atoms with Crippen LogP contribution in [-0.2, 0) is 0 Å². The van der Waals surface area contributed by atoms with Crippen molar-refractivity contribution in [2.45, 2.75) is 13.8 Å². The van der Waals surface area contributed by atoms with Gasteiger partial charge in [-0.1, -0.05) is 11.6 Å². The maximum Gasteiger partial charge on any atom is 0.179 e. The average molecular weight is 216 g/mol. The molecule has 0 heterocycles. The smallest absolute Gasteiger partial charge is 0.179 e. The summed E-state index contributed by atoms with van der Waals surface area (Å²) in [5, 5.41) is -0.0371. The summed E-state index contributed by atoms with van der Waals surface area (Å²) >= 11 is 5.62. The fourth-order valence-corrected chi connectivity index (χ4v) is 1.53. The predicted molar refractivity (Wildman–Crippen MR) is 54.3 cm³/mol. The van der Waals surface area contributed by atoms with E-state index in [4.69, 9.17) is 17.3 Å². The van der Waals surface area contributed by atoms with Gasteiger partial charge in [-0.2, -0.15) is 0 Å². The highest BCUT2D eigenvalue weighted by Crippen LogP contribution is 2.24. The summed E-state index contributed by atoms with van der Waals surface area (Å²) in [4.78, 5) is 11.3. The molecule has 0 atom stereocenters. The highest BCUT2D eigenvalue weighted by atomic mass is 35.5. The first-order chi connectivity index (χ1) is 6.49. The number of hydrogen-bond donors (Lipinski definition) is 1. The summed E-state index contributed by atoms with van der Waals surface area (Å²) in [6.07, 6.45) is 0. The third-order valence-corrected chi connectivity index (χ3v) is 2.48. The molecule has 14 heavy (non-hydrogen) atoms. The van der Waals surface area contributed by atoms with E-state index in [0.29, 0.717) is 5.56 Å². The molecule has 0 aromatic heterocycles. The number of aryl methyl sites for hydroxylation is 1. The molecule has 1 rings (SSSR count). The Morgan fingerprint density at radius 1 is 1.57 bits per heavy atom. The minimum absolute atomic E-state index is 0.0116. The fourth-order valence-electron chi connectivity index (χ4n) is 1.28. The van der Waals surface area contributed by atoms with Crippen LogP contribution >= 0.6 is 11.6 Å². The van der Waals surface area contributed by atoms with Gasteiger partial charge in [0.05, 0.1) is 17.1 Å². The zero-order valence-corrected chi connectivity index (χ0v) is 8.78. The summed E-state index contributed by atoms with van der Waals surface area (Å²) in [5.41, 5.74) is 6.58. The molecule has 0 aliphatic carbocycles. The molecule has 4 heteroatoms. The van der Waals surface area contributed by atoms with Gasteiger partial charge < -0.3 is 5.73 Å². The Bertz CT molecular complexity index is 364. The summed E-state index contributed by atoms with van der Waals surface area (Å²) in [6, 6.07) is 1.50. The minimum Gasteiger partial charge on any atom is -0.324 e. The highest BCUT2D eigenvalue weighted by Gasteiger charge is 2.17. The molecule has 0 saturated carbocycles. The maximum absolute atomic E-state index is 13.5. The van der Waals surface area contributed by atoms with Crippen molar-refractivity contribution in [3.8, 4) is 0 Å². The van der Waals surface area contributed by atoms with Crippen LogP contribution in [0, 0.1) is 19.7 Å². The molecular weight excluding hydrogens is 205 g/mol. The molecule has 0 amide bonds. The van der Waals surface area contributed by atoms with Crippen LogP contribution in [0.15, 0.2) is 6.07 Å². The number of hydrogen-bond acceptors (Lipinski definition) is 2. The molecule has 2 N–H and O–H groups in total. The van der Waals surface area contributed by atoms with Gasteiger partial charge in [0.1, 0.15) is 0 Å². The maximum atomic E-state index is 13.5. The molecule has 0 aliphatic rings. The van der Waals surface area contributed by atoms with Gasteiger partial charge in [-0.25, -0.2) is 4.39 Å². The molecule has 0 fully saturated rings. The fraction of sp³-hybridized carbons (Fsp3) is 0.300. The number of nitrogens with two attached hydrogens (primary N) is 1. The van der Waals surface area contributed by atoms with Gasteiger partial charge >= 0.3 is 0 Å². The Hall–Kier alpha value is -0.930. The van der Waals surface area contributed by atoms with Crippen molar-refractivity contribution in [1.82, 2.24) is 0 Å². The molecule has 0 unspecified atom stereocenters. The Kier molecular flexibility index (Phi) is 3.24. The number of Topliss-reactive ketones (excluding diaryl/α,β-unsaturated/α-hetero) is 1.